The molecule has 4 heterocycles. The summed E-state index contributed by atoms with van der Waals surface area (Å²) in [5.41, 5.74) is 0.725. The van der Waals surface area contributed by atoms with Gasteiger partial charge in [-0.2, -0.15) is 18.3 Å². The van der Waals surface area contributed by atoms with Crippen LogP contribution < -0.4 is 5.32 Å². The number of carbonyl (C=O) groups is 1. The topological polar surface area (TPSA) is 109 Å². The summed E-state index contributed by atoms with van der Waals surface area (Å²) in [6.07, 6.45) is 0.350. The summed E-state index contributed by atoms with van der Waals surface area (Å²) in [6, 6.07) is 4.71. The minimum atomic E-state index is -4.69. The number of pyridine rings is 2. The lowest BCUT2D eigenvalue weighted by Crippen LogP contribution is -2.08. The third-order valence-electron chi connectivity index (χ3n) is 5.44. The number of anilines is 1. The number of nitrogens with zero attached hydrogens (tertiary/aromatic N) is 4. The van der Waals surface area contributed by atoms with Crippen molar-refractivity contribution in [2.45, 2.75) is 13.1 Å². The van der Waals surface area contributed by atoms with Crippen LogP contribution in [0.2, 0.25) is 0 Å². The molecule has 8 nitrogen and oxygen atoms in total. The molecule has 0 spiro atoms. The first-order chi connectivity index (χ1) is 16.7. The highest BCUT2D eigenvalue weighted by atomic mass is 19.4. The number of halogens is 4. The fraction of sp³-hybridized carbons (Fsp3) is 0.130. The molecule has 35 heavy (non-hydrogen) atoms. The molecule has 5 rings (SSSR count). The summed E-state index contributed by atoms with van der Waals surface area (Å²) in [6.45, 7) is 2.34. The Morgan fingerprint density at radius 1 is 1.20 bits per heavy atom. The smallest absolute Gasteiger partial charge is 0.435 e. The van der Waals surface area contributed by atoms with E-state index in [1.165, 1.54) is 30.6 Å². The molecule has 0 atom stereocenters. The summed E-state index contributed by atoms with van der Waals surface area (Å²) in [4.78, 5) is 22.9. The average molecular weight is 484 g/mol. The molecular formula is C23H16F4N6O2. The fourth-order valence-corrected chi connectivity index (χ4v) is 3.99. The number of nitrogens with one attached hydrogen (secondary N) is 2. The second-order valence-electron chi connectivity index (χ2n) is 7.69. The molecule has 0 aliphatic rings. The van der Waals surface area contributed by atoms with E-state index in [4.69, 9.17) is 0 Å². The van der Waals surface area contributed by atoms with Gasteiger partial charge in [-0.1, -0.05) is 0 Å². The van der Waals surface area contributed by atoms with E-state index in [9.17, 15) is 27.5 Å². The van der Waals surface area contributed by atoms with E-state index in [-0.39, 0.29) is 28.0 Å². The van der Waals surface area contributed by atoms with Crippen LogP contribution in [-0.2, 0) is 6.18 Å². The van der Waals surface area contributed by atoms with Gasteiger partial charge in [-0.25, -0.2) is 18.9 Å². The Kier molecular flexibility index (Phi) is 5.15. The molecule has 12 heteroatoms. The molecule has 5 aromatic rings. The second kappa shape index (κ2) is 8.08. The Hall–Kier alpha value is -4.48. The van der Waals surface area contributed by atoms with Crippen molar-refractivity contribution >= 4 is 33.6 Å². The lowest BCUT2D eigenvalue weighted by atomic mass is 10.0. The van der Waals surface area contributed by atoms with Crippen LogP contribution >= 0.6 is 0 Å². The molecule has 0 amide bonds. The first-order valence-electron chi connectivity index (χ1n) is 10.4. The maximum absolute atomic E-state index is 14.6. The Bertz CT molecular complexity index is 1610. The number of hydrogen-bond acceptors (Lipinski definition) is 5. The van der Waals surface area contributed by atoms with E-state index in [1.807, 2.05) is 6.92 Å². The molecule has 178 valence electrons. The molecule has 0 unspecified atom stereocenters. The maximum atomic E-state index is 14.6. The van der Waals surface area contributed by atoms with Gasteiger partial charge in [-0.3, -0.25) is 4.98 Å². The molecule has 4 aromatic heterocycles. The van der Waals surface area contributed by atoms with Crippen molar-refractivity contribution in [1.82, 2.24) is 24.7 Å². The van der Waals surface area contributed by atoms with E-state index < -0.39 is 23.7 Å². The largest absolute Gasteiger partial charge is 0.478 e. The number of benzene rings is 1. The SMILES string of the molecule is CCNc1cc(F)cc2c1[nH]c1ncc(-c3cncc(C(=O)O)c3)c(-n3ccc(C(F)(F)F)n3)c12. The zero-order valence-electron chi connectivity index (χ0n) is 18.0. The number of alkyl halides is 3. The van der Waals surface area contributed by atoms with Crippen LogP contribution in [0.5, 0.6) is 0 Å². The zero-order chi connectivity index (χ0) is 24.9. The summed E-state index contributed by atoms with van der Waals surface area (Å²) >= 11 is 0. The third-order valence-corrected chi connectivity index (χ3v) is 5.44. The van der Waals surface area contributed by atoms with E-state index in [0.717, 1.165) is 23.1 Å². The van der Waals surface area contributed by atoms with Gasteiger partial charge in [0.25, 0.3) is 0 Å². The van der Waals surface area contributed by atoms with Crippen molar-refractivity contribution in [3.05, 3.63) is 66.1 Å². The number of carboxylic acid groups (broad SMARTS) is 1. The number of fused-ring (bicyclic) bond motifs is 3. The molecular weight excluding hydrogens is 468 g/mol. The van der Waals surface area contributed by atoms with Crippen LogP contribution in [-0.4, -0.2) is 42.4 Å². The molecule has 0 aliphatic heterocycles. The van der Waals surface area contributed by atoms with Crippen LogP contribution in [0.15, 0.2) is 49.1 Å². The van der Waals surface area contributed by atoms with Crippen LogP contribution in [0.25, 0.3) is 38.8 Å². The maximum Gasteiger partial charge on any atom is 0.435 e. The van der Waals surface area contributed by atoms with Gasteiger partial charge in [0.1, 0.15) is 11.5 Å². The van der Waals surface area contributed by atoms with Crippen molar-refractivity contribution in [3.63, 3.8) is 0 Å². The number of aromatic carboxylic acids is 1. The highest BCUT2D eigenvalue weighted by Crippen LogP contribution is 2.39. The molecule has 0 saturated heterocycles. The van der Waals surface area contributed by atoms with E-state index in [1.54, 1.807) is 0 Å². The first kappa shape index (κ1) is 22.3. The summed E-state index contributed by atoms with van der Waals surface area (Å²) in [5.74, 6) is -1.78. The number of rotatable bonds is 5. The molecule has 0 saturated carbocycles. The predicted octanol–water partition coefficient (Wildman–Crippen LogP) is 5.25. The van der Waals surface area contributed by atoms with Crippen LogP contribution in [0.4, 0.5) is 23.2 Å². The lowest BCUT2D eigenvalue weighted by Gasteiger charge is -2.12. The standard InChI is InChI=1S/C23H16F4N6O2/c1-2-29-16-7-13(24)6-14-18-20(33-4-3-17(32-33)23(25,26)27)15(10-30-21(18)31-19(14)16)11-5-12(22(34)35)9-28-8-11/h3-10,29H,2H2,1H3,(H,30,31)(H,34,35). The lowest BCUT2D eigenvalue weighted by molar-refractivity contribution is -0.141. The molecule has 1 aromatic carbocycles. The Morgan fingerprint density at radius 3 is 2.69 bits per heavy atom. The van der Waals surface area contributed by atoms with Crippen molar-refractivity contribution in [1.29, 1.82) is 0 Å². The zero-order valence-corrected chi connectivity index (χ0v) is 18.0. The third kappa shape index (κ3) is 3.82. The van der Waals surface area contributed by atoms with Gasteiger partial charge in [-0.05, 0) is 31.2 Å². The van der Waals surface area contributed by atoms with Gasteiger partial charge < -0.3 is 15.4 Å². The number of H-pyrrole nitrogens is 1. The summed E-state index contributed by atoms with van der Waals surface area (Å²) in [7, 11) is 0. The van der Waals surface area contributed by atoms with Gasteiger partial charge in [0.15, 0.2) is 5.69 Å². The van der Waals surface area contributed by atoms with Crippen molar-refractivity contribution in [3.8, 4) is 16.8 Å². The van der Waals surface area contributed by atoms with E-state index in [2.05, 4.69) is 25.4 Å². The Morgan fingerprint density at radius 2 is 2.00 bits per heavy atom. The van der Waals surface area contributed by atoms with Crippen LogP contribution in [0, 0.1) is 5.82 Å². The molecule has 0 fully saturated rings. The summed E-state index contributed by atoms with van der Waals surface area (Å²) in [5, 5.41) is 16.8. The van der Waals surface area contributed by atoms with Gasteiger partial charge in [-0.15, -0.1) is 0 Å². The monoisotopic (exact) mass is 484 g/mol. The van der Waals surface area contributed by atoms with Gasteiger partial charge >= 0.3 is 12.1 Å². The quantitative estimate of drug-likeness (QED) is 0.294. The van der Waals surface area contributed by atoms with Gasteiger partial charge in [0.05, 0.1) is 27.8 Å². The van der Waals surface area contributed by atoms with Crippen LogP contribution in [0.1, 0.15) is 23.0 Å². The minimum absolute atomic E-state index is 0.121. The number of carboxylic acids is 1. The first-order valence-corrected chi connectivity index (χ1v) is 10.4. The normalized spacial score (nSPS) is 11.9. The van der Waals surface area contributed by atoms with Gasteiger partial charge in [0, 0.05) is 47.8 Å². The number of aromatic amines is 1. The van der Waals surface area contributed by atoms with Crippen molar-refractivity contribution in [2.75, 3.05) is 11.9 Å². The molecule has 0 bridgehead atoms. The summed E-state index contributed by atoms with van der Waals surface area (Å²) < 4.78 is 55.7. The van der Waals surface area contributed by atoms with Gasteiger partial charge in [0.2, 0.25) is 0 Å². The van der Waals surface area contributed by atoms with Crippen molar-refractivity contribution < 1.29 is 27.5 Å². The number of hydrogen-bond donors (Lipinski definition) is 3. The highest BCUT2D eigenvalue weighted by molar-refractivity contribution is 6.15. The van der Waals surface area contributed by atoms with Crippen molar-refractivity contribution in [2.24, 2.45) is 0 Å². The van der Waals surface area contributed by atoms with Crippen LogP contribution in [0.3, 0.4) is 0 Å². The molecule has 0 radical (unpaired) electrons. The fourth-order valence-electron chi connectivity index (χ4n) is 3.99. The average Bonchev–Trinajstić information content (AvgIpc) is 3.44. The van der Waals surface area contributed by atoms with E-state index in [0.29, 0.717) is 28.5 Å². The second-order valence-corrected chi connectivity index (χ2v) is 7.69. The molecule has 0 aliphatic carbocycles. The Balaban J connectivity index is 1.89. The molecule has 3 N–H and O–H groups in total. The highest BCUT2D eigenvalue weighted by Gasteiger charge is 2.34. The van der Waals surface area contributed by atoms with E-state index >= 15 is 0 Å². The minimum Gasteiger partial charge on any atom is -0.478 e. The Labute approximate surface area is 194 Å². The number of aromatic nitrogens is 5. The predicted molar refractivity (Wildman–Crippen MR) is 120 cm³/mol.